The average molecular weight is 205 g/mol. The molecule has 0 aromatic rings. The highest BCUT2D eigenvalue weighted by molar-refractivity contribution is 7.80. The molecule has 0 rings (SSSR count). The second kappa shape index (κ2) is 6.36. The van der Waals surface area contributed by atoms with Crippen LogP contribution >= 0.6 is 12.6 Å². The van der Waals surface area contributed by atoms with E-state index in [4.69, 9.17) is 5.11 Å². The molecule has 0 saturated heterocycles. The zero-order valence-electron chi connectivity index (χ0n) is 6.90. The van der Waals surface area contributed by atoms with E-state index in [1.165, 1.54) is 6.08 Å². The van der Waals surface area contributed by atoms with Crippen LogP contribution in [0.15, 0.2) is 12.7 Å². The van der Waals surface area contributed by atoms with Crippen molar-refractivity contribution in [2.24, 2.45) is 0 Å². The second-order valence-corrected chi connectivity index (χ2v) is 2.47. The molecule has 74 valence electrons. The molecule has 5 nitrogen and oxygen atoms in total. The first kappa shape index (κ1) is 11.8. The van der Waals surface area contributed by atoms with Gasteiger partial charge in [-0.3, -0.25) is 0 Å². The fourth-order valence-electron chi connectivity index (χ4n) is 0.504. The largest absolute Gasteiger partial charge is 0.480 e. The van der Waals surface area contributed by atoms with Gasteiger partial charge in [-0.05, 0) is 0 Å². The van der Waals surface area contributed by atoms with Gasteiger partial charge in [0.1, 0.15) is 12.6 Å². The van der Waals surface area contributed by atoms with E-state index in [2.05, 4.69) is 29.3 Å². The van der Waals surface area contributed by atoms with E-state index < -0.39 is 18.1 Å². The van der Waals surface area contributed by atoms with Crippen LogP contribution in [0.1, 0.15) is 0 Å². The number of alkyl carbamates (subject to hydrolysis) is 1. The molecule has 0 aromatic heterocycles. The number of amides is 1. The molecule has 0 saturated carbocycles. The summed E-state index contributed by atoms with van der Waals surface area (Å²) in [6.45, 7) is 3.38. The van der Waals surface area contributed by atoms with E-state index in [0.29, 0.717) is 0 Å². The Labute approximate surface area is 81.2 Å². The van der Waals surface area contributed by atoms with Crippen molar-refractivity contribution in [2.45, 2.75) is 6.04 Å². The number of rotatable bonds is 5. The third-order valence-electron chi connectivity index (χ3n) is 1.11. The van der Waals surface area contributed by atoms with Crippen LogP contribution in [0.25, 0.3) is 0 Å². The molecule has 0 aromatic carbocycles. The van der Waals surface area contributed by atoms with Crippen molar-refractivity contribution in [1.82, 2.24) is 5.32 Å². The molecule has 13 heavy (non-hydrogen) atoms. The van der Waals surface area contributed by atoms with Crippen LogP contribution in [0.4, 0.5) is 4.79 Å². The number of carbonyl (C=O) groups excluding carboxylic acids is 1. The topological polar surface area (TPSA) is 75.6 Å². The maximum Gasteiger partial charge on any atom is 0.408 e. The standard InChI is InChI=1S/C7H11NO4S/c1-2-3-12-7(11)8-5(4-13)6(9)10/h2,5,13H,1,3-4H2,(H,8,11)(H,9,10)/t5-/m1/s1. The van der Waals surface area contributed by atoms with Gasteiger partial charge in [0.25, 0.3) is 0 Å². The number of carboxylic acid groups (broad SMARTS) is 1. The van der Waals surface area contributed by atoms with Crippen molar-refractivity contribution in [2.75, 3.05) is 12.4 Å². The summed E-state index contributed by atoms with van der Waals surface area (Å²) < 4.78 is 4.51. The first-order valence-corrected chi connectivity index (χ1v) is 4.13. The van der Waals surface area contributed by atoms with Crippen LogP contribution in [0.5, 0.6) is 0 Å². The van der Waals surface area contributed by atoms with Crippen molar-refractivity contribution >= 4 is 24.7 Å². The number of nitrogens with one attached hydrogen (secondary N) is 1. The summed E-state index contributed by atoms with van der Waals surface area (Å²) >= 11 is 3.75. The molecule has 0 fully saturated rings. The Morgan fingerprint density at radius 1 is 1.69 bits per heavy atom. The Balaban J connectivity index is 3.86. The molecule has 1 atom stereocenters. The molecule has 0 unspecified atom stereocenters. The number of carboxylic acids is 1. The Morgan fingerprint density at radius 2 is 2.31 bits per heavy atom. The molecule has 0 aliphatic carbocycles. The summed E-state index contributed by atoms with van der Waals surface area (Å²) in [4.78, 5) is 21.2. The Bertz CT molecular complexity index is 207. The van der Waals surface area contributed by atoms with Gasteiger partial charge in [0.15, 0.2) is 0 Å². The lowest BCUT2D eigenvalue weighted by molar-refractivity contribution is -0.138. The lowest BCUT2D eigenvalue weighted by Crippen LogP contribution is -2.42. The number of thiol groups is 1. The summed E-state index contributed by atoms with van der Waals surface area (Å²) in [5, 5.41) is 10.6. The van der Waals surface area contributed by atoms with Crippen LogP contribution in [0, 0.1) is 0 Å². The highest BCUT2D eigenvalue weighted by atomic mass is 32.1. The van der Waals surface area contributed by atoms with Crippen LogP contribution in [0.2, 0.25) is 0 Å². The van der Waals surface area contributed by atoms with Crippen LogP contribution < -0.4 is 5.32 Å². The predicted octanol–water partition coefficient (Wildman–Crippen LogP) is 0.282. The molecule has 0 aliphatic heterocycles. The van der Waals surface area contributed by atoms with E-state index in [1.807, 2.05) is 0 Å². The summed E-state index contributed by atoms with van der Waals surface area (Å²) in [5.74, 6) is -1.14. The first-order chi connectivity index (χ1) is 6.11. The summed E-state index contributed by atoms with van der Waals surface area (Å²) in [6.07, 6.45) is 0.595. The number of aliphatic carboxylic acids is 1. The molecule has 2 N–H and O–H groups in total. The second-order valence-electron chi connectivity index (χ2n) is 2.10. The summed E-state index contributed by atoms with van der Waals surface area (Å²) in [7, 11) is 0. The maximum atomic E-state index is 10.8. The monoisotopic (exact) mass is 205 g/mol. The van der Waals surface area contributed by atoms with Crippen molar-refractivity contribution < 1.29 is 19.4 Å². The molecular weight excluding hydrogens is 194 g/mol. The molecule has 0 heterocycles. The van der Waals surface area contributed by atoms with Crippen molar-refractivity contribution in [3.63, 3.8) is 0 Å². The van der Waals surface area contributed by atoms with Crippen molar-refractivity contribution in [3.05, 3.63) is 12.7 Å². The molecule has 0 aliphatic rings. The highest BCUT2D eigenvalue weighted by Crippen LogP contribution is 1.89. The first-order valence-electron chi connectivity index (χ1n) is 3.49. The molecule has 0 spiro atoms. The fraction of sp³-hybridized carbons (Fsp3) is 0.429. The Hall–Kier alpha value is -1.17. The minimum atomic E-state index is -1.15. The summed E-state index contributed by atoms with van der Waals surface area (Å²) in [6, 6.07) is -1.03. The van der Waals surface area contributed by atoms with Crippen molar-refractivity contribution in [1.29, 1.82) is 0 Å². The molecule has 0 radical (unpaired) electrons. The van der Waals surface area contributed by atoms with E-state index in [1.54, 1.807) is 0 Å². The molecular formula is C7H11NO4S. The Kier molecular flexibility index (Phi) is 5.79. The van der Waals surface area contributed by atoms with Gasteiger partial charge >= 0.3 is 12.1 Å². The maximum absolute atomic E-state index is 10.8. The minimum Gasteiger partial charge on any atom is -0.480 e. The molecule has 6 heteroatoms. The lowest BCUT2D eigenvalue weighted by atomic mass is 10.3. The fourth-order valence-corrected chi connectivity index (χ4v) is 0.751. The molecule has 1 amide bonds. The van der Waals surface area contributed by atoms with E-state index in [9.17, 15) is 9.59 Å². The van der Waals surface area contributed by atoms with Gasteiger partial charge in [-0.1, -0.05) is 12.7 Å². The van der Waals surface area contributed by atoms with Gasteiger partial charge < -0.3 is 15.2 Å². The van der Waals surface area contributed by atoms with Crippen LogP contribution in [-0.2, 0) is 9.53 Å². The predicted molar refractivity (Wildman–Crippen MR) is 50.0 cm³/mol. The highest BCUT2D eigenvalue weighted by Gasteiger charge is 2.18. The zero-order chi connectivity index (χ0) is 10.3. The number of carbonyl (C=O) groups is 2. The lowest BCUT2D eigenvalue weighted by Gasteiger charge is -2.10. The number of ether oxygens (including phenoxy) is 1. The smallest absolute Gasteiger partial charge is 0.408 e. The SMILES string of the molecule is C=CCOC(=O)N[C@H](CS)C(=O)O. The van der Waals surface area contributed by atoms with Gasteiger partial charge in [-0.2, -0.15) is 12.6 Å². The van der Waals surface area contributed by atoms with Gasteiger partial charge in [0.2, 0.25) is 0 Å². The van der Waals surface area contributed by atoms with Crippen LogP contribution in [0.3, 0.4) is 0 Å². The van der Waals surface area contributed by atoms with Gasteiger partial charge in [0.05, 0.1) is 0 Å². The van der Waals surface area contributed by atoms with E-state index in [-0.39, 0.29) is 12.4 Å². The Morgan fingerprint density at radius 3 is 2.69 bits per heavy atom. The normalized spacial score (nSPS) is 11.5. The number of hydrogen-bond acceptors (Lipinski definition) is 4. The minimum absolute atomic E-state index is 0.0124. The van der Waals surface area contributed by atoms with Gasteiger partial charge in [-0.15, -0.1) is 0 Å². The van der Waals surface area contributed by atoms with Gasteiger partial charge in [-0.25, -0.2) is 9.59 Å². The quantitative estimate of drug-likeness (QED) is 0.445. The third kappa shape index (κ3) is 5.13. The average Bonchev–Trinajstić information content (AvgIpc) is 2.10. The van der Waals surface area contributed by atoms with Crippen molar-refractivity contribution in [3.8, 4) is 0 Å². The third-order valence-corrected chi connectivity index (χ3v) is 1.47. The van der Waals surface area contributed by atoms with E-state index >= 15 is 0 Å². The van der Waals surface area contributed by atoms with Gasteiger partial charge in [0, 0.05) is 5.75 Å². The van der Waals surface area contributed by atoms with E-state index in [0.717, 1.165) is 0 Å². The number of hydrogen-bond donors (Lipinski definition) is 3. The molecule has 0 bridgehead atoms. The zero-order valence-corrected chi connectivity index (χ0v) is 7.79. The summed E-state index contributed by atoms with van der Waals surface area (Å²) in [5.41, 5.74) is 0. The van der Waals surface area contributed by atoms with Crippen LogP contribution in [-0.4, -0.2) is 35.6 Å².